The number of nitrogens with two attached hydrogens (primary N) is 1. The summed E-state index contributed by atoms with van der Waals surface area (Å²) >= 11 is 6.38. The Morgan fingerprint density at radius 3 is 2.52 bits per heavy atom. The zero-order chi connectivity index (χ0) is 15.0. The van der Waals surface area contributed by atoms with Crippen molar-refractivity contribution >= 4 is 17.4 Å². The van der Waals surface area contributed by atoms with Crippen LogP contribution < -0.4 is 5.73 Å². The van der Waals surface area contributed by atoms with Crippen LogP contribution in [0, 0.1) is 13.8 Å². The molecule has 21 heavy (non-hydrogen) atoms. The molecule has 3 nitrogen and oxygen atoms in total. The highest BCUT2D eigenvalue weighted by Gasteiger charge is 2.16. The topological polar surface area (TPSA) is 54.7 Å². The van der Waals surface area contributed by atoms with Crippen LogP contribution in [0.2, 0.25) is 5.02 Å². The molecule has 0 amide bonds. The van der Waals surface area contributed by atoms with Gasteiger partial charge in [0.2, 0.25) is 0 Å². The first-order chi connectivity index (χ1) is 10.1. The van der Waals surface area contributed by atoms with E-state index in [9.17, 15) is 0 Å². The number of benzene rings is 2. The van der Waals surface area contributed by atoms with Gasteiger partial charge in [-0.3, -0.25) is 5.10 Å². The van der Waals surface area contributed by atoms with E-state index >= 15 is 0 Å². The van der Waals surface area contributed by atoms with Crippen LogP contribution in [-0.2, 0) is 0 Å². The van der Waals surface area contributed by atoms with Crippen molar-refractivity contribution in [2.75, 3.05) is 5.73 Å². The predicted octanol–water partition coefficient (Wildman–Crippen LogP) is 4.60. The lowest BCUT2D eigenvalue weighted by atomic mass is 9.99. The highest BCUT2D eigenvalue weighted by molar-refractivity contribution is 6.33. The molecule has 0 spiro atoms. The van der Waals surface area contributed by atoms with E-state index in [1.54, 1.807) is 0 Å². The van der Waals surface area contributed by atoms with E-state index in [1.165, 1.54) is 5.56 Å². The van der Waals surface area contributed by atoms with Gasteiger partial charge in [0.1, 0.15) is 0 Å². The molecular weight excluding hydrogens is 282 g/mol. The molecule has 0 aliphatic heterocycles. The Kier molecular flexibility index (Phi) is 3.43. The van der Waals surface area contributed by atoms with Crippen LogP contribution in [0.25, 0.3) is 22.4 Å². The molecule has 0 bridgehead atoms. The second-order valence-electron chi connectivity index (χ2n) is 5.21. The zero-order valence-corrected chi connectivity index (χ0v) is 12.7. The quantitative estimate of drug-likeness (QED) is 0.726. The van der Waals surface area contributed by atoms with Crippen LogP contribution in [0.4, 0.5) is 5.82 Å². The van der Waals surface area contributed by atoms with E-state index in [0.717, 1.165) is 27.9 Å². The van der Waals surface area contributed by atoms with Gasteiger partial charge in [0, 0.05) is 5.56 Å². The number of nitrogens with zero attached hydrogens (tertiary/aromatic N) is 1. The second kappa shape index (κ2) is 5.26. The molecule has 0 aliphatic carbocycles. The van der Waals surface area contributed by atoms with Gasteiger partial charge < -0.3 is 5.73 Å². The van der Waals surface area contributed by atoms with Crippen LogP contribution in [0.5, 0.6) is 0 Å². The number of aromatic amines is 1. The molecule has 0 fully saturated rings. The van der Waals surface area contributed by atoms with Crippen LogP contribution in [-0.4, -0.2) is 10.2 Å². The monoisotopic (exact) mass is 297 g/mol. The Balaban J connectivity index is 2.22. The largest absolute Gasteiger partial charge is 0.382 e. The number of H-pyrrole nitrogens is 1. The molecule has 1 heterocycles. The average molecular weight is 298 g/mol. The van der Waals surface area contributed by atoms with Crippen LogP contribution >= 0.6 is 11.6 Å². The molecule has 0 aliphatic rings. The summed E-state index contributed by atoms with van der Waals surface area (Å²) in [6.45, 7) is 4.07. The van der Waals surface area contributed by atoms with Crippen LogP contribution in [0.15, 0.2) is 42.5 Å². The minimum atomic E-state index is 0.479. The van der Waals surface area contributed by atoms with Gasteiger partial charge in [-0.1, -0.05) is 53.6 Å². The Labute approximate surface area is 128 Å². The van der Waals surface area contributed by atoms with Gasteiger partial charge in [-0.15, -0.1) is 0 Å². The highest BCUT2D eigenvalue weighted by Crippen LogP contribution is 2.38. The molecule has 3 rings (SSSR count). The normalized spacial score (nSPS) is 10.8. The summed E-state index contributed by atoms with van der Waals surface area (Å²) in [4.78, 5) is 0. The number of aryl methyl sites for hydroxylation is 2. The highest BCUT2D eigenvalue weighted by atomic mass is 35.5. The van der Waals surface area contributed by atoms with Gasteiger partial charge in [-0.05, 0) is 31.0 Å². The summed E-state index contributed by atoms with van der Waals surface area (Å²) in [6, 6.07) is 14.1. The van der Waals surface area contributed by atoms with E-state index < -0.39 is 0 Å². The number of nitrogen functional groups attached to an aromatic ring is 1. The first-order valence-electron chi connectivity index (χ1n) is 6.73. The molecule has 4 heteroatoms. The van der Waals surface area contributed by atoms with E-state index in [2.05, 4.69) is 29.3 Å². The molecule has 0 atom stereocenters. The molecule has 0 radical (unpaired) electrons. The summed E-state index contributed by atoms with van der Waals surface area (Å²) in [5.74, 6) is 0.479. The lowest BCUT2D eigenvalue weighted by Gasteiger charge is -2.08. The van der Waals surface area contributed by atoms with Gasteiger partial charge >= 0.3 is 0 Å². The summed E-state index contributed by atoms with van der Waals surface area (Å²) in [5.41, 5.74) is 12.0. The maximum atomic E-state index is 6.38. The molecule has 3 aromatic rings. The maximum absolute atomic E-state index is 6.38. The number of aromatic nitrogens is 2. The summed E-state index contributed by atoms with van der Waals surface area (Å²) in [6.07, 6.45) is 0. The summed E-state index contributed by atoms with van der Waals surface area (Å²) in [7, 11) is 0. The number of rotatable bonds is 2. The van der Waals surface area contributed by atoms with Gasteiger partial charge in [-0.25, -0.2) is 0 Å². The van der Waals surface area contributed by atoms with Crippen LogP contribution in [0.3, 0.4) is 0 Å². The smallest absolute Gasteiger partial charge is 0.153 e. The molecule has 0 unspecified atom stereocenters. The van der Waals surface area contributed by atoms with Crippen molar-refractivity contribution in [2.24, 2.45) is 0 Å². The third-order valence-corrected chi connectivity index (χ3v) is 3.81. The minimum Gasteiger partial charge on any atom is -0.382 e. The first kappa shape index (κ1) is 13.7. The summed E-state index contributed by atoms with van der Waals surface area (Å²) in [5, 5.41) is 7.85. The van der Waals surface area contributed by atoms with Crippen molar-refractivity contribution in [2.45, 2.75) is 13.8 Å². The fourth-order valence-electron chi connectivity index (χ4n) is 2.47. The molecule has 3 N–H and O–H groups in total. The molecule has 0 saturated heterocycles. The number of hydrogen-bond acceptors (Lipinski definition) is 2. The van der Waals surface area contributed by atoms with E-state index in [1.807, 2.05) is 37.3 Å². The van der Waals surface area contributed by atoms with E-state index in [0.29, 0.717) is 10.8 Å². The molecule has 1 aromatic heterocycles. The Hall–Kier alpha value is -2.26. The number of halogens is 1. The maximum Gasteiger partial charge on any atom is 0.153 e. The summed E-state index contributed by atoms with van der Waals surface area (Å²) < 4.78 is 0. The Bertz CT molecular complexity index is 806. The van der Waals surface area contributed by atoms with E-state index in [-0.39, 0.29) is 0 Å². The SMILES string of the molecule is Cc1cccc(-c2c(N)n[nH]c2-c2ccc(C)cc2Cl)c1. The van der Waals surface area contributed by atoms with E-state index in [4.69, 9.17) is 17.3 Å². The Morgan fingerprint density at radius 1 is 1.05 bits per heavy atom. The third kappa shape index (κ3) is 2.52. The van der Waals surface area contributed by atoms with Gasteiger partial charge in [0.05, 0.1) is 16.3 Å². The number of hydrogen-bond donors (Lipinski definition) is 2. The van der Waals surface area contributed by atoms with Crippen molar-refractivity contribution in [1.82, 2.24) is 10.2 Å². The van der Waals surface area contributed by atoms with Crippen molar-refractivity contribution in [3.63, 3.8) is 0 Å². The van der Waals surface area contributed by atoms with Crippen molar-refractivity contribution < 1.29 is 0 Å². The van der Waals surface area contributed by atoms with Gasteiger partial charge in [-0.2, -0.15) is 5.10 Å². The first-order valence-corrected chi connectivity index (χ1v) is 7.11. The Morgan fingerprint density at radius 2 is 1.81 bits per heavy atom. The fourth-order valence-corrected chi connectivity index (χ4v) is 2.80. The fraction of sp³-hybridized carbons (Fsp3) is 0.118. The average Bonchev–Trinajstić information content (AvgIpc) is 2.80. The lowest BCUT2D eigenvalue weighted by molar-refractivity contribution is 1.10. The van der Waals surface area contributed by atoms with Crippen molar-refractivity contribution in [3.8, 4) is 22.4 Å². The van der Waals surface area contributed by atoms with Gasteiger partial charge in [0.25, 0.3) is 0 Å². The second-order valence-corrected chi connectivity index (χ2v) is 5.62. The van der Waals surface area contributed by atoms with Gasteiger partial charge in [0.15, 0.2) is 5.82 Å². The number of anilines is 1. The van der Waals surface area contributed by atoms with Crippen LogP contribution in [0.1, 0.15) is 11.1 Å². The minimum absolute atomic E-state index is 0.479. The molecule has 2 aromatic carbocycles. The standard InChI is InChI=1S/C17H16ClN3/c1-10-4-3-5-12(8-10)15-16(20-21-17(15)19)13-7-6-11(2)9-14(13)18/h3-9H,1-2H3,(H3,19,20,21). The molecule has 106 valence electrons. The predicted molar refractivity (Wildman–Crippen MR) is 88.4 cm³/mol. The molecule has 0 saturated carbocycles. The van der Waals surface area contributed by atoms with Crippen molar-refractivity contribution in [3.05, 3.63) is 58.6 Å². The van der Waals surface area contributed by atoms with Crippen molar-refractivity contribution in [1.29, 1.82) is 0 Å². The zero-order valence-electron chi connectivity index (χ0n) is 11.9. The number of nitrogens with one attached hydrogen (secondary N) is 1. The third-order valence-electron chi connectivity index (χ3n) is 3.49. The molecular formula is C17H16ClN3. The lowest BCUT2D eigenvalue weighted by Crippen LogP contribution is -1.90.